The van der Waals surface area contributed by atoms with Crippen LogP contribution in [-0.4, -0.2) is 49.0 Å². The molecule has 19 heavy (non-hydrogen) atoms. The highest BCUT2D eigenvalue weighted by Crippen LogP contribution is 2.09. The normalized spacial score (nSPS) is 14.4. The number of hydrogen-bond donors (Lipinski definition) is 0. The van der Waals surface area contributed by atoms with E-state index >= 15 is 0 Å². The molecule has 1 rings (SSSR count). The van der Waals surface area contributed by atoms with Crippen LogP contribution in [-0.2, 0) is 23.9 Å². The minimum Gasteiger partial charge on any atom is -0.464 e. The average molecular weight is 269 g/mol. The Labute approximate surface area is 112 Å². The van der Waals surface area contributed by atoms with Crippen LogP contribution in [0.15, 0.2) is 12.2 Å². The van der Waals surface area contributed by atoms with Gasteiger partial charge in [-0.15, -0.1) is 0 Å². The van der Waals surface area contributed by atoms with Crippen LogP contribution < -0.4 is 0 Å². The van der Waals surface area contributed by atoms with E-state index in [1.807, 2.05) is 0 Å². The van der Waals surface area contributed by atoms with E-state index in [9.17, 15) is 14.4 Å². The molecule has 0 unspecified atom stereocenters. The van der Waals surface area contributed by atoms with Crippen molar-refractivity contribution in [2.24, 2.45) is 0 Å². The van der Waals surface area contributed by atoms with Crippen molar-refractivity contribution in [3.63, 3.8) is 0 Å². The lowest BCUT2D eigenvalue weighted by Crippen LogP contribution is -2.29. The van der Waals surface area contributed by atoms with Gasteiger partial charge in [-0.2, -0.15) is 0 Å². The number of rotatable bonds is 7. The van der Waals surface area contributed by atoms with E-state index in [-0.39, 0.29) is 31.1 Å². The van der Waals surface area contributed by atoms with Crippen molar-refractivity contribution in [1.29, 1.82) is 0 Å². The highest BCUT2D eigenvalue weighted by Gasteiger charge is 2.20. The monoisotopic (exact) mass is 269 g/mol. The Morgan fingerprint density at radius 3 is 2.68 bits per heavy atom. The smallest absolute Gasteiger partial charge is 0.333 e. The SMILES string of the molecule is C=C(CC(=O)OCCN1CCCC1=O)C(=O)OCC. The fraction of sp³-hybridized carbons (Fsp3) is 0.615. The molecule has 0 bridgehead atoms. The molecular formula is C13H19NO5. The molecule has 6 heteroatoms. The van der Waals surface area contributed by atoms with Crippen molar-refractivity contribution in [3.05, 3.63) is 12.2 Å². The van der Waals surface area contributed by atoms with Gasteiger partial charge in [-0.25, -0.2) is 4.79 Å². The van der Waals surface area contributed by atoms with Gasteiger partial charge < -0.3 is 14.4 Å². The zero-order valence-corrected chi connectivity index (χ0v) is 11.1. The summed E-state index contributed by atoms with van der Waals surface area (Å²) < 4.78 is 9.66. The van der Waals surface area contributed by atoms with E-state index in [0.29, 0.717) is 19.5 Å². The van der Waals surface area contributed by atoms with Gasteiger partial charge in [-0.3, -0.25) is 9.59 Å². The number of carbonyl (C=O) groups is 3. The summed E-state index contributed by atoms with van der Waals surface area (Å²) in [6.45, 7) is 6.64. The van der Waals surface area contributed by atoms with Gasteiger partial charge in [-0.05, 0) is 13.3 Å². The Morgan fingerprint density at radius 2 is 2.11 bits per heavy atom. The zero-order valence-electron chi connectivity index (χ0n) is 11.1. The molecule has 0 radical (unpaired) electrons. The number of likely N-dealkylation sites (tertiary alicyclic amines) is 1. The Morgan fingerprint density at radius 1 is 1.37 bits per heavy atom. The second-order valence-electron chi connectivity index (χ2n) is 4.21. The average Bonchev–Trinajstić information content (AvgIpc) is 2.75. The molecule has 0 saturated carbocycles. The van der Waals surface area contributed by atoms with E-state index in [1.165, 1.54) is 0 Å². The minimum absolute atomic E-state index is 0.0732. The van der Waals surface area contributed by atoms with Gasteiger partial charge in [-0.1, -0.05) is 6.58 Å². The Balaban J connectivity index is 2.19. The predicted octanol–water partition coefficient (Wildman–Crippen LogP) is 0.661. The molecule has 1 amide bonds. The first-order valence-corrected chi connectivity index (χ1v) is 6.33. The molecule has 106 valence electrons. The van der Waals surface area contributed by atoms with Gasteiger partial charge in [0.15, 0.2) is 0 Å². The van der Waals surface area contributed by atoms with Crippen LogP contribution in [0.2, 0.25) is 0 Å². The van der Waals surface area contributed by atoms with Crippen molar-refractivity contribution in [3.8, 4) is 0 Å². The molecule has 0 aromatic heterocycles. The van der Waals surface area contributed by atoms with Gasteiger partial charge in [0.05, 0.1) is 19.6 Å². The second-order valence-corrected chi connectivity index (χ2v) is 4.21. The standard InChI is InChI=1S/C13H19NO5/c1-3-18-13(17)10(2)9-12(16)19-8-7-14-6-4-5-11(14)15/h2-9H2,1H3. The van der Waals surface area contributed by atoms with E-state index in [4.69, 9.17) is 9.47 Å². The molecule has 0 aromatic rings. The van der Waals surface area contributed by atoms with Crippen LogP contribution >= 0.6 is 0 Å². The number of esters is 2. The van der Waals surface area contributed by atoms with Crippen LogP contribution in [0.25, 0.3) is 0 Å². The number of ether oxygens (including phenoxy) is 2. The minimum atomic E-state index is -0.589. The van der Waals surface area contributed by atoms with E-state index in [0.717, 1.165) is 6.42 Å². The molecule has 0 aliphatic carbocycles. The highest BCUT2D eigenvalue weighted by molar-refractivity contribution is 5.93. The molecule has 0 aromatic carbocycles. The van der Waals surface area contributed by atoms with Crippen molar-refractivity contribution in [2.75, 3.05) is 26.3 Å². The van der Waals surface area contributed by atoms with Crippen molar-refractivity contribution >= 4 is 17.8 Å². The first kappa shape index (κ1) is 15.2. The number of carbonyl (C=O) groups excluding carboxylic acids is 3. The van der Waals surface area contributed by atoms with Gasteiger partial charge in [0.2, 0.25) is 5.91 Å². The fourth-order valence-electron chi connectivity index (χ4n) is 1.74. The summed E-state index contributed by atoms with van der Waals surface area (Å²) in [6, 6.07) is 0. The third kappa shape index (κ3) is 5.11. The van der Waals surface area contributed by atoms with E-state index in [1.54, 1.807) is 11.8 Å². The molecule has 1 saturated heterocycles. The van der Waals surface area contributed by atoms with Crippen LogP contribution in [0.4, 0.5) is 0 Å². The highest BCUT2D eigenvalue weighted by atomic mass is 16.5. The molecule has 1 aliphatic heterocycles. The second kappa shape index (κ2) is 7.56. The molecule has 1 fully saturated rings. The van der Waals surface area contributed by atoms with Crippen molar-refractivity contribution in [1.82, 2.24) is 4.90 Å². The summed E-state index contributed by atoms with van der Waals surface area (Å²) in [5.41, 5.74) is 0.0732. The number of hydrogen-bond acceptors (Lipinski definition) is 5. The lowest BCUT2D eigenvalue weighted by Gasteiger charge is -2.15. The maximum absolute atomic E-state index is 11.4. The third-order valence-electron chi connectivity index (χ3n) is 2.72. The first-order chi connectivity index (χ1) is 9.04. The summed E-state index contributed by atoms with van der Waals surface area (Å²) in [4.78, 5) is 35.6. The predicted molar refractivity (Wildman–Crippen MR) is 67.2 cm³/mol. The van der Waals surface area contributed by atoms with Crippen LogP contribution in [0.5, 0.6) is 0 Å². The summed E-state index contributed by atoms with van der Waals surface area (Å²) in [5, 5.41) is 0. The van der Waals surface area contributed by atoms with E-state index < -0.39 is 11.9 Å². The molecule has 1 heterocycles. The van der Waals surface area contributed by atoms with E-state index in [2.05, 4.69) is 6.58 Å². The number of amides is 1. The van der Waals surface area contributed by atoms with Gasteiger partial charge in [0, 0.05) is 18.5 Å². The summed E-state index contributed by atoms with van der Waals surface area (Å²) in [6.07, 6.45) is 1.23. The largest absolute Gasteiger partial charge is 0.464 e. The zero-order chi connectivity index (χ0) is 14.3. The first-order valence-electron chi connectivity index (χ1n) is 6.33. The number of nitrogens with zero attached hydrogens (tertiary/aromatic N) is 1. The Hall–Kier alpha value is -1.85. The third-order valence-corrected chi connectivity index (χ3v) is 2.72. The van der Waals surface area contributed by atoms with Gasteiger partial charge in [0.25, 0.3) is 0 Å². The lowest BCUT2D eigenvalue weighted by molar-refractivity contribution is -0.147. The summed E-state index contributed by atoms with van der Waals surface area (Å²) >= 11 is 0. The topological polar surface area (TPSA) is 72.9 Å². The van der Waals surface area contributed by atoms with Crippen LogP contribution in [0.3, 0.4) is 0 Å². The summed E-state index contributed by atoms with van der Waals surface area (Å²) in [5.74, 6) is -1.04. The molecule has 6 nitrogen and oxygen atoms in total. The molecule has 0 atom stereocenters. The van der Waals surface area contributed by atoms with Crippen LogP contribution in [0.1, 0.15) is 26.2 Å². The maximum Gasteiger partial charge on any atom is 0.333 e. The molecule has 0 spiro atoms. The Bertz CT molecular complexity index is 377. The van der Waals surface area contributed by atoms with Crippen molar-refractivity contribution < 1.29 is 23.9 Å². The van der Waals surface area contributed by atoms with Gasteiger partial charge >= 0.3 is 11.9 Å². The maximum atomic E-state index is 11.4. The van der Waals surface area contributed by atoms with Crippen molar-refractivity contribution in [2.45, 2.75) is 26.2 Å². The van der Waals surface area contributed by atoms with Gasteiger partial charge in [0.1, 0.15) is 6.61 Å². The molecule has 1 aliphatic rings. The lowest BCUT2D eigenvalue weighted by atomic mass is 10.2. The Kier molecular flexibility index (Phi) is 6.05. The molecular weight excluding hydrogens is 250 g/mol. The van der Waals surface area contributed by atoms with Crippen LogP contribution in [0, 0.1) is 0 Å². The fourth-order valence-corrected chi connectivity index (χ4v) is 1.74. The molecule has 0 N–H and O–H groups in total. The summed E-state index contributed by atoms with van der Waals surface area (Å²) in [7, 11) is 0. The quantitative estimate of drug-likeness (QED) is 0.501.